The first-order valence-corrected chi connectivity index (χ1v) is 23.0. The average Bonchev–Trinajstić information content (AvgIpc) is 3.21. The van der Waals surface area contributed by atoms with Crippen molar-refractivity contribution in [2.75, 3.05) is 0 Å². The van der Waals surface area contributed by atoms with Crippen LogP contribution in [0.5, 0.6) is 11.5 Å². The molecule has 2 saturated carbocycles. The van der Waals surface area contributed by atoms with E-state index in [9.17, 15) is 0 Å². The van der Waals surface area contributed by atoms with Crippen molar-refractivity contribution in [1.29, 1.82) is 0 Å². The molecule has 1 nitrogen and oxygen atoms in total. The Balaban J connectivity index is 1.03. The molecular weight excluding hydrogens is 665 g/mol. The molecule has 2 aliphatic rings. The van der Waals surface area contributed by atoms with Crippen LogP contribution in [0.4, 0.5) is 0 Å². The van der Waals surface area contributed by atoms with E-state index in [4.69, 9.17) is 4.74 Å². The summed E-state index contributed by atoms with van der Waals surface area (Å²) in [5, 5.41) is 0. The van der Waals surface area contributed by atoms with Crippen LogP contribution in [0.25, 0.3) is 0 Å². The van der Waals surface area contributed by atoms with Crippen LogP contribution in [0.2, 0.25) is 0 Å². The monoisotopic (exact) mass is 739 g/mol. The van der Waals surface area contributed by atoms with Crippen molar-refractivity contribution in [2.24, 2.45) is 11.8 Å². The molecule has 0 unspecified atom stereocenters. The van der Waals surface area contributed by atoms with E-state index in [0.717, 1.165) is 48.0 Å². The van der Waals surface area contributed by atoms with E-state index < -0.39 is 0 Å². The molecule has 6 rings (SSSR count). The molecule has 55 heavy (non-hydrogen) atoms. The molecule has 1 heteroatoms. The maximum absolute atomic E-state index is 6.85. The zero-order valence-corrected chi connectivity index (χ0v) is 35.4. The van der Waals surface area contributed by atoms with Gasteiger partial charge >= 0.3 is 0 Å². The van der Waals surface area contributed by atoms with Gasteiger partial charge in [-0.2, -0.15) is 0 Å². The third kappa shape index (κ3) is 12.8. The second kappa shape index (κ2) is 21.8. The Bertz CT molecular complexity index is 1550. The topological polar surface area (TPSA) is 9.23 Å². The summed E-state index contributed by atoms with van der Waals surface area (Å²) in [6, 6.07) is 32.6. The number of benzene rings is 4. The Labute approximate surface area is 337 Å². The van der Waals surface area contributed by atoms with Crippen molar-refractivity contribution in [3.63, 3.8) is 0 Å². The van der Waals surface area contributed by atoms with Crippen LogP contribution >= 0.6 is 0 Å². The Morgan fingerprint density at radius 2 is 0.818 bits per heavy atom. The summed E-state index contributed by atoms with van der Waals surface area (Å²) < 4.78 is 6.85. The van der Waals surface area contributed by atoms with E-state index in [1.54, 1.807) is 11.1 Å². The van der Waals surface area contributed by atoms with Gasteiger partial charge in [0, 0.05) is 12.8 Å². The fraction of sp³-hybridized carbons (Fsp3) is 0.556. The van der Waals surface area contributed by atoms with E-state index in [1.165, 1.54) is 162 Å². The van der Waals surface area contributed by atoms with Gasteiger partial charge in [-0.1, -0.05) is 175 Å². The van der Waals surface area contributed by atoms with Crippen LogP contribution in [0, 0.1) is 25.7 Å². The normalized spacial score (nSPS) is 20.1. The first kappa shape index (κ1) is 41.3. The first-order valence-electron chi connectivity index (χ1n) is 23.0. The van der Waals surface area contributed by atoms with E-state index in [1.807, 2.05) is 0 Å². The second-order valence-electron chi connectivity index (χ2n) is 18.0. The number of hydrogen-bond acceptors (Lipinski definition) is 1. The zero-order valence-electron chi connectivity index (χ0n) is 35.4. The number of rotatable bonds is 20. The van der Waals surface area contributed by atoms with Gasteiger partial charge in [0.15, 0.2) is 0 Å². The smallest absolute Gasteiger partial charge is 0.130 e. The predicted molar refractivity (Wildman–Crippen MR) is 237 cm³/mol. The zero-order chi connectivity index (χ0) is 38.2. The lowest BCUT2D eigenvalue weighted by Crippen LogP contribution is -2.13. The standard InChI is InChI=1S/C54H74O/c1-5-7-9-11-13-15-43-19-27-47(28-20-43)49-31-23-45(24-32-49)39-51-37-41(3)17-35-53(51)55-54-36-18-42(4)38-52(54)40-46-25-33-50(34-26-46)48-29-21-44(22-30-48)16-14-12-10-8-6-2/h17-18,23-26,31-38,43-44,47-48H,5-16,19-22,27-30,39-40H2,1-4H3/t43-,44-,47-,48-. The number of hydrogen-bond donors (Lipinski definition) is 0. The molecule has 0 aliphatic heterocycles. The van der Waals surface area contributed by atoms with Crippen LogP contribution in [-0.2, 0) is 12.8 Å². The lowest BCUT2D eigenvalue weighted by molar-refractivity contribution is 0.302. The van der Waals surface area contributed by atoms with E-state index in [-0.39, 0.29) is 0 Å². The maximum Gasteiger partial charge on any atom is 0.130 e. The molecule has 0 atom stereocenters. The lowest BCUT2D eigenvalue weighted by atomic mass is 9.77. The molecule has 0 bridgehead atoms. The van der Waals surface area contributed by atoms with Crippen LogP contribution in [0.15, 0.2) is 84.9 Å². The first-order chi connectivity index (χ1) is 27.0. The lowest BCUT2D eigenvalue weighted by Gasteiger charge is -2.29. The van der Waals surface area contributed by atoms with Crippen molar-refractivity contribution >= 4 is 0 Å². The van der Waals surface area contributed by atoms with Crippen molar-refractivity contribution in [2.45, 2.75) is 181 Å². The molecule has 4 aromatic rings. The van der Waals surface area contributed by atoms with Crippen molar-refractivity contribution in [3.05, 3.63) is 129 Å². The van der Waals surface area contributed by atoms with Gasteiger partial charge in [0.2, 0.25) is 0 Å². The van der Waals surface area contributed by atoms with Crippen molar-refractivity contribution in [1.82, 2.24) is 0 Å². The summed E-state index contributed by atoms with van der Waals surface area (Å²) in [5.74, 6) is 5.32. The summed E-state index contributed by atoms with van der Waals surface area (Å²) in [4.78, 5) is 0. The Kier molecular flexibility index (Phi) is 16.4. The van der Waals surface area contributed by atoms with E-state index in [0.29, 0.717) is 0 Å². The van der Waals surface area contributed by atoms with Crippen LogP contribution in [0.1, 0.15) is 199 Å². The van der Waals surface area contributed by atoms with Gasteiger partial charge in [0.25, 0.3) is 0 Å². The average molecular weight is 739 g/mol. The summed E-state index contributed by atoms with van der Waals surface area (Å²) in [7, 11) is 0. The Morgan fingerprint density at radius 3 is 1.20 bits per heavy atom. The van der Waals surface area contributed by atoms with Gasteiger partial charge in [0.1, 0.15) is 11.5 Å². The van der Waals surface area contributed by atoms with Gasteiger partial charge in [-0.05, 0) is 134 Å². The van der Waals surface area contributed by atoms with Crippen molar-refractivity contribution < 1.29 is 4.74 Å². The largest absolute Gasteiger partial charge is 0.457 e. The third-order valence-corrected chi connectivity index (χ3v) is 13.5. The fourth-order valence-electron chi connectivity index (χ4n) is 9.91. The summed E-state index contributed by atoms with van der Waals surface area (Å²) in [6.45, 7) is 9.01. The van der Waals surface area contributed by atoms with Crippen LogP contribution < -0.4 is 4.74 Å². The van der Waals surface area contributed by atoms with Crippen LogP contribution in [-0.4, -0.2) is 0 Å². The van der Waals surface area contributed by atoms with Gasteiger partial charge in [0.05, 0.1) is 0 Å². The third-order valence-electron chi connectivity index (χ3n) is 13.5. The summed E-state index contributed by atoms with van der Waals surface area (Å²) in [5.41, 5.74) is 10.9. The molecule has 0 radical (unpaired) electrons. The quantitative estimate of drug-likeness (QED) is 0.0821. The van der Waals surface area contributed by atoms with E-state index >= 15 is 0 Å². The molecule has 296 valence electrons. The minimum atomic E-state index is 0.731. The highest BCUT2D eigenvalue weighted by atomic mass is 16.5. The van der Waals surface area contributed by atoms with Gasteiger partial charge in [-0.3, -0.25) is 0 Å². The second-order valence-corrected chi connectivity index (χ2v) is 18.0. The Hall–Kier alpha value is -3.32. The number of unbranched alkanes of at least 4 members (excludes halogenated alkanes) is 8. The van der Waals surface area contributed by atoms with Crippen LogP contribution in [0.3, 0.4) is 0 Å². The number of ether oxygens (including phenoxy) is 1. The molecule has 0 amide bonds. The summed E-state index contributed by atoms with van der Waals surface area (Å²) >= 11 is 0. The molecule has 0 N–H and O–H groups in total. The highest BCUT2D eigenvalue weighted by Gasteiger charge is 2.23. The minimum Gasteiger partial charge on any atom is -0.457 e. The molecule has 2 fully saturated rings. The highest BCUT2D eigenvalue weighted by Crippen LogP contribution is 2.40. The maximum atomic E-state index is 6.85. The summed E-state index contributed by atoms with van der Waals surface area (Å²) in [6.07, 6.45) is 29.9. The number of aryl methyl sites for hydroxylation is 2. The molecule has 4 aromatic carbocycles. The molecular formula is C54H74O. The molecule has 0 saturated heterocycles. The predicted octanol–water partition coefficient (Wildman–Crippen LogP) is 16.5. The Morgan fingerprint density at radius 1 is 0.436 bits per heavy atom. The fourth-order valence-corrected chi connectivity index (χ4v) is 9.91. The highest BCUT2D eigenvalue weighted by molar-refractivity contribution is 5.47. The minimum absolute atomic E-state index is 0.731. The van der Waals surface area contributed by atoms with E-state index in [2.05, 4.69) is 113 Å². The van der Waals surface area contributed by atoms with Crippen molar-refractivity contribution in [3.8, 4) is 11.5 Å². The van der Waals surface area contributed by atoms with Gasteiger partial charge < -0.3 is 4.74 Å². The molecule has 0 aromatic heterocycles. The molecule has 2 aliphatic carbocycles. The molecule has 0 heterocycles. The SMILES string of the molecule is CCCCCCC[C@H]1CC[C@H](c2ccc(Cc3cc(C)ccc3Oc3ccc(C)cc3Cc3ccc([C@H]4CC[C@H](CCCCCCC)CC4)cc3)cc2)CC1. The molecule has 0 spiro atoms. The van der Waals surface area contributed by atoms with Gasteiger partial charge in [-0.25, -0.2) is 0 Å². The van der Waals surface area contributed by atoms with Gasteiger partial charge in [-0.15, -0.1) is 0 Å².